The van der Waals surface area contributed by atoms with E-state index in [1.54, 1.807) is 11.8 Å². The van der Waals surface area contributed by atoms with Crippen LogP contribution in [0.4, 0.5) is 0 Å². The Morgan fingerprint density at radius 1 is 1.57 bits per heavy atom. The molecule has 1 atom stereocenters. The van der Waals surface area contributed by atoms with Crippen LogP contribution in [0.5, 0.6) is 0 Å². The van der Waals surface area contributed by atoms with Crippen molar-refractivity contribution in [2.45, 2.75) is 42.9 Å². The second-order valence-electron chi connectivity index (χ2n) is 5.05. The van der Waals surface area contributed by atoms with E-state index in [4.69, 9.17) is 5.11 Å². The lowest BCUT2D eigenvalue weighted by atomic mass is 10.2. The molecule has 6 nitrogen and oxygen atoms in total. The fourth-order valence-corrected chi connectivity index (χ4v) is 4.75. The van der Waals surface area contributed by atoms with Crippen LogP contribution < -0.4 is 4.72 Å². The molecule has 21 heavy (non-hydrogen) atoms. The van der Waals surface area contributed by atoms with Crippen molar-refractivity contribution in [2.24, 2.45) is 0 Å². The Hall–Kier alpha value is -0.990. The molecule has 0 spiro atoms. The van der Waals surface area contributed by atoms with E-state index < -0.39 is 16.0 Å². The zero-order valence-electron chi connectivity index (χ0n) is 11.9. The second-order valence-corrected chi connectivity index (χ2v) is 8.22. The van der Waals surface area contributed by atoms with Crippen LogP contribution in [0.2, 0.25) is 0 Å². The number of aromatic nitrogens is 1. The summed E-state index contributed by atoms with van der Waals surface area (Å²) < 4.78 is 28.6. The number of nitrogens with zero attached hydrogens (tertiary/aromatic N) is 1. The van der Waals surface area contributed by atoms with Crippen molar-refractivity contribution in [1.82, 2.24) is 9.29 Å². The van der Waals surface area contributed by atoms with E-state index >= 15 is 0 Å². The third kappa shape index (κ3) is 4.02. The maximum absolute atomic E-state index is 12.3. The molecule has 118 valence electrons. The molecule has 1 aromatic heterocycles. The summed E-state index contributed by atoms with van der Waals surface area (Å²) >= 11 is 1.77. The average Bonchev–Trinajstić information content (AvgIpc) is 3.06. The van der Waals surface area contributed by atoms with Gasteiger partial charge >= 0.3 is 5.97 Å². The highest BCUT2D eigenvalue weighted by Gasteiger charge is 2.23. The molecule has 8 heteroatoms. The molecule has 1 aliphatic heterocycles. The number of aromatic carboxylic acids is 1. The molecule has 1 aliphatic rings. The van der Waals surface area contributed by atoms with Gasteiger partial charge in [0.05, 0.1) is 0 Å². The van der Waals surface area contributed by atoms with Crippen molar-refractivity contribution < 1.29 is 18.3 Å². The van der Waals surface area contributed by atoms with E-state index in [-0.39, 0.29) is 10.6 Å². The quantitative estimate of drug-likeness (QED) is 0.794. The highest BCUT2D eigenvalue weighted by atomic mass is 32.2. The van der Waals surface area contributed by atoms with Crippen LogP contribution >= 0.6 is 11.8 Å². The van der Waals surface area contributed by atoms with Crippen LogP contribution in [-0.2, 0) is 16.6 Å². The van der Waals surface area contributed by atoms with Gasteiger partial charge in [0, 0.05) is 24.5 Å². The molecular formula is C13H20N2O4S2. The molecule has 0 saturated carbocycles. The van der Waals surface area contributed by atoms with Crippen molar-refractivity contribution in [2.75, 3.05) is 12.3 Å². The molecule has 1 fully saturated rings. The lowest BCUT2D eigenvalue weighted by molar-refractivity contribution is 0.0685. The van der Waals surface area contributed by atoms with E-state index in [9.17, 15) is 13.2 Å². The van der Waals surface area contributed by atoms with Crippen molar-refractivity contribution in [3.05, 3.63) is 18.0 Å². The van der Waals surface area contributed by atoms with Crippen LogP contribution in [0.15, 0.2) is 17.2 Å². The first-order valence-electron chi connectivity index (χ1n) is 6.98. The van der Waals surface area contributed by atoms with E-state index in [0.717, 1.165) is 25.0 Å². The summed E-state index contributed by atoms with van der Waals surface area (Å²) in [7, 11) is -3.65. The van der Waals surface area contributed by atoms with E-state index in [2.05, 4.69) is 4.72 Å². The molecule has 2 N–H and O–H groups in total. The molecule has 2 rings (SSSR count). The smallest absolute Gasteiger partial charge is 0.352 e. The predicted octanol–water partition coefficient (Wildman–Crippen LogP) is 1.77. The molecule has 2 heterocycles. The largest absolute Gasteiger partial charge is 0.477 e. The van der Waals surface area contributed by atoms with Gasteiger partial charge in [-0.2, -0.15) is 11.8 Å². The Balaban J connectivity index is 2.14. The van der Waals surface area contributed by atoms with E-state index in [1.807, 2.05) is 6.92 Å². The highest BCUT2D eigenvalue weighted by molar-refractivity contribution is 8.00. The second kappa shape index (κ2) is 6.85. The van der Waals surface area contributed by atoms with Gasteiger partial charge in [0.2, 0.25) is 10.0 Å². The van der Waals surface area contributed by atoms with Crippen molar-refractivity contribution >= 4 is 27.8 Å². The number of carboxylic acids is 1. The van der Waals surface area contributed by atoms with Gasteiger partial charge in [0.1, 0.15) is 10.6 Å². The topological polar surface area (TPSA) is 88.4 Å². The van der Waals surface area contributed by atoms with Crippen molar-refractivity contribution in [1.29, 1.82) is 0 Å². The molecule has 0 radical (unpaired) electrons. The first-order valence-corrected chi connectivity index (χ1v) is 9.52. The molecule has 1 saturated heterocycles. The molecular weight excluding hydrogens is 312 g/mol. The van der Waals surface area contributed by atoms with Crippen LogP contribution in [0, 0.1) is 0 Å². The van der Waals surface area contributed by atoms with E-state index in [0.29, 0.717) is 18.3 Å². The number of thioether (sulfide) groups is 1. The first-order chi connectivity index (χ1) is 9.94. The summed E-state index contributed by atoms with van der Waals surface area (Å²) in [5.41, 5.74) is 0.00691. The number of hydrogen-bond acceptors (Lipinski definition) is 4. The number of carbonyl (C=O) groups is 1. The summed E-state index contributed by atoms with van der Waals surface area (Å²) in [6, 6.07) is 1.22. The Bertz CT molecular complexity index is 604. The minimum atomic E-state index is -3.65. The van der Waals surface area contributed by atoms with Gasteiger partial charge in [-0.3, -0.25) is 0 Å². The zero-order chi connectivity index (χ0) is 15.5. The SMILES string of the molecule is CCCn1cc(S(=O)(=O)NCC2CCCS2)cc1C(=O)O. The number of carboxylic acid groups (broad SMARTS) is 1. The van der Waals surface area contributed by atoms with Gasteiger partial charge in [0.25, 0.3) is 0 Å². The molecule has 0 aromatic carbocycles. The number of aryl methyl sites for hydroxylation is 1. The molecule has 0 amide bonds. The maximum atomic E-state index is 12.3. The van der Waals surface area contributed by atoms with Crippen molar-refractivity contribution in [3.63, 3.8) is 0 Å². The predicted molar refractivity (Wildman–Crippen MR) is 82.4 cm³/mol. The number of sulfonamides is 1. The van der Waals surface area contributed by atoms with Gasteiger partial charge in [-0.15, -0.1) is 0 Å². The zero-order valence-corrected chi connectivity index (χ0v) is 13.5. The summed E-state index contributed by atoms with van der Waals surface area (Å²) in [6.45, 7) is 2.79. The minimum Gasteiger partial charge on any atom is -0.477 e. The molecule has 1 aromatic rings. The fraction of sp³-hybridized carbons (Fsp3) is 0.615. The van der Waals surface area contributed by atoms with Crippen LogP contribution in [-0.4, -0.2) is 41.6 Å². The lowest BCUT2D eigenvalue weighted by Crippen LogP contribution is -2.29. The Kier molecular flexibility index (Phi) is 5.34. The van der Waals surface area contributed by atoms with Crippen LogP contribution in [0.3, 0.4) is 0 Å². The third-order valence-electron chi connectivity index (χ3n) is 3.39. The highest BCUT2D eigenvalue weighted by Crippen LogP contribution is 2.26. The third-order valence-corrected chi connectivity index (χ3v) is 6.18. The molecule has 0 aliphatic carbocycles. The average molecular weight is 332 g/mol. The standard InChI is InChI=1S/C13H20N2O4S2/c1-2-5-15-9-11(7-12(15)13(16)17)21(18,19)14-8-10-4-3-6-20-10/h7,9-10,14H,2-6,8H2,1H3,(H,16,17). The van der Waals surface area contributed by atoms with Crippen LogP contribution in [0.25, 0.3) is 0 Å². The van der Waals surface area contributed by atoms with Crippen LogP contribution in [0.1, 0.15) is 36.7 Å². The number of rotatable bonds is 7. The first kappa shape index (κ1) is 16.4. The summed E-state index contributed by atoms with van der Waals surface area (Å²) in [6.07, 6.45) is 4.27. The van der Waals surface area contributed by atoms with Gasteiger partial charge in [0.15, 0.2) is 0 Å². The van der Waals surface area contributed by atoms with Gasteiger partial charge in [-0.05, 0) is 31.1 Å². The number of hydrogen-bond donors (Lipinski definition) is 2. The van der Waals surface area contributed by atoms with E-state index in [1.165, 1.54) is 16.8 Å². The molecule has 0 bridgehead atoms. The fourth-order valence-electron chi connectivity index (χ4n) is 2.33. The van der Waals surface area contributed by atoms with Gasteiger partial charge in [-0.25, -0.2) is 17.9 Å². The monoisotopic (exact) mass is 332 g/mol. The van der Waals surface area contributed by atoms with Gasteiger partial charge < -0.3 is 9.67 Å². The van der Waals surface area contributed by atoms with Gasteiger partial charge in [-0.1, -0.05) is 6.92 Å². The number of nitrogens with one attached hydrogen (secondary N) is 1. The summed E-state index contributed by atoms with van der Waals surface area (Å²) in [5, 5.41) is 9.45. The Morgan fingerprint density at radius 3 is 2.90 bits per heavy atom. The summed E-state index contributed by atoms with van der Waals surface area (Å²) in [5.74, 6) is -0.0427. The minimum absolute atomic E-state index is 0.00691. The maximum Gasteiger partial charge on any atom is 0.352 e. The Labute approximate surface area is 129 Å². The lowest BCUT2D eigenvalue weighted by Gasteiger charge is -2.09. The van der Waals surface area contributed by atoms with Crippen molar-refractivity contribution in [3.8, 4) is 0 Å². The molecule has 1 unspecified atom stereocenters. The Morgan fingerprint density at radius 2 is 2.33 bits per heavy atom. The normalized spacial score (nSPS) is 19.0. The summed E-state index contributed by atoms with van der Waals surface area (Å²) in [4.78, 5) is 11.2.